The first-order valence-electron chi connectivity index (χ1n) is 6.89. The lowest BCUT2D eigenvalue weighted by Crippen LogP contribution is -2.46. The Balaban J connectivity index is 2.32. The Morgan fingerprint density at radius 3 is 2.71 bits per heavy atom. The SMILES string of the molecule is CCN(CCN)CC(=O)NC1CCCCC1C. The van der Waals surface area contributed by atoms with Crippen molar-refractivity contribution >= 4 is 5.91 Å². The summed E-state index contributed by atoms with van der Waals surface area (Å²) >= 11 is 0. The quantitative estimate of drug-likeness (QED) is 0.728. The summed E-state index contributed by atoms with van der Waals surface area (Å²) in [6.45, 7) is 7.07. The molecule has 0 bridgehead atoms. The molecule has 0 aromatic heterocycles. The van der Waals surface area contributed by atoms with Gasteiger partial charge in [-0.15, -0.1) is 0 Å². The maximum Gasteiger partial charge on any atom is 0.234 e. The summed E-state index contributed by atoms with van der Waals surface area (Å²) in [7, 11) is 0. The van der Waals surface area contributed by atoms with E-state index >= 15 is 0 Å². The molecule has 1 rings (SSSR count). The van der Waals surface area contributed by atoms with Crippen LogP contribution in [0.5, 0.6) is 0 Å². The van der Waals surface area contributed by atoms with Gasteiger partial charge in [0.1, 0.15) is 0 Å². The number of nitrogens with one attached hydrogen (secondary N) is 1. The molecule has 0 spiro atoms. The molecule has 4 heteroatoms. The number of likely N-dealkylation sites (N-methyl/N-ethyl adjacent to an activating group) is 1. The molecule has 1 saturated carbocycles. The number of hydrogen-bond donors (Lipinski definition) is 2. The summed E-state index contributed by atoms with van der Waals surface area (Å²) in [5.41, 5.74) is 5.51. The van der Waals surface area contributed by atoms with Crippen molar-refractivity contribution in [1.82, 2.24) is 10.2 Å². The van der Waals surface area contributed by atoms with Gasteiger partial charge in [-0.1, -0.05) is 26.7 Å². The number of nitrogens with zero attached hydrogens (tertiary/aromatic N) is 1. The van der Waals surface area contributed by atoms with Crippen LogP contribution in [0, 0.1) is 5.92 Å². The zero-order valence-corrected chi connectivity index (χ0v) is 11.2. The Morgan fingerprint density at radius 1 is 1.41 bits per heavy atom. The van der Waals surface area contributed by atoms with Gasteiger partial charge in [0.2, 0.25) is 5.91 Å². The first-order chi connectivity index (χ1) is 8.17. The number of amides is 1. The third kappa shape index (κ3) is 5.04. The highest BCUT2D eigenvalue weighted by atomic mass is 16.2. The molecule has 2 atom stereocenters. The van der Waals surface area contributed by atoms with Crippen molar-refractivity contribution in [3.8, 4) is 0 Å². The van der Waals surface area contributed by atoms with E-state index < -0.39 is 0 Å². The van der Waals surface area contributed by atoms with Crippen LogP contribution < -0.4 is 11.1 Å². The molecule has 2 unspecified atom stereocenters. The lowest BCUT2D eigenvalue weighted by Gasteiger charge is -2.30. The van der Waals surface area contributed by atoms with Gasteiger partial charge in [-0.05, 0) is 25.3 Å². The van der Waals surface area contributed by atoms with Gasteiger partial charge in [0.05, 0.1) is 6.54 Å². The summed E-state index contributed by atoms with van der Waals surface area (Å²) in [5, 5.41) is 3.17. The predicted molar refractivity (Wildman–Crippen MR) is 70.7 cm³/mol. The van der Waals surface area contributed by atoms with Crippen molar-refractivity contribution in [2.75, 3.05) is 26.2 Å². The van der Waals surface area contributed by atoms with Gasteiger partial charge < -0.3 is 11.1 Å². The highest BCUT2D eigenvalue weighted by Gasteiger charge is 2.23. The topological polar surface area (TPSA) is 58.4 Å². The first-order valence-corrected chi connectivity index (χ1v) is 6.89. The van der Waals surface area contributed by atoms with Crippen LogP contribution in [0.25, 0.3) is 0 Å². The molecule has 0 aromatic rings. The Morgan fingerprint density at radius 2 is 2.12 bits per heavy atom. The minimum atomic E-state index is 0.152. The Kier molecular flexibility index (Phi) is 6.52. The molecule has 0 heterocycles. The molecule has 1 fully saturated rings. The van der Waals surface area contributed by atoms with Gasteiger partial charge in [-0.3, -0.25) is 9.69 Å². The molecule has 1 aliphatic rings. The number of carbonyl (C=O) groups excluding carboxylic acids is 1. The van der Waals surface area contributed by atoms with E-state index in [4.69, 9.17) is 5.73 Å². The molecular weight excluding hydrogens is 214 g/mol. The highest BCUT2D eigenvalue weighted by molar-refractivity contribution is 5.78. The van der Waals surface area contributed by atoms with Crippen LogP contribution in [0.1, 0.15) is 39.5 Å². The molecule has 0 radical (unpaired) electrons. The zero-order chi connectivity index (χ0) is 12.7. The van der Waals surface area contributed by atoms with Gasteiger partial charge in [0.25, 0.3) is 0 Å². The third-order valence-electron chi connectivity index (χ3n) is 3.72. The van der Waals surface area contributed by atoms with Gasteiger partial charge in [0, 0.05) is 19.1 Å². The number of rotatable bonds is 6. The van der Waals surface area contributed by atoms with E-state index in [1.807, 2.05) is 0 Å². The van der Waals surface area contributed by atoms with Crippen LogP contribution in [0.3, 0.4) is 0 Å². The van der Waals surface area contributed by atoms with Crippen LogP contribution >= 0.6 is 0 Å². The van der Waals surface area contributed by atoms with Gasteiger partial charge in [0.15, 0.2) is 0 Å². The van der Waals surface area contributed by atoms with Crippen molar-refractivity contribution in [1.29, 1.82) is 0 Å². The van der Waals surface area contributed by atoms with Crippen molar-refractivity contribution in [2.45, 2.75) is 45.6 Å². The molecule has 4 nitrogen and oxygen atoms in total. The lowest BCUT2D eigenvalue weighted by atomic mass is 9.86. The van der Waals surface area contributed by atoms with Crippen molar-refractivity contribution in [3.05, 3.63) is 0 Å². The molecule has 0 aromatic carbocycles. The van der Waals surface area contributed by atoms with Crippen LogP contribution in [0.15, 0.2) is 0 Å². The second-order valence-electron chi connectivity index (χ2n) is 5.09. The van der Waals surface area contributed by atoms with E-state index in [-0.39, 0.29) is 5.91 Å². The Labute approximate surface area is 105 Å². The monoisotopic (exact) mass is 241 g/mol. The molecule has 1 aliphatic carbocycles. The van der Waals surface area contributed by atoms with Crippen molar-refractivity contribution in [2.24, 2.45) is 11.7 Å². The highest BCUT2D eigenvalue weighted by Crippen LogP contribution is 2.23. The lowest BCUT2D eigenvalue weighted by molar-refractivity contribution is -0.123. The fraction of sp³-hybridized carbons (Fsp3) is 0.923. The van der Waals surface area contributed by atoms with Gasteiger partial charge in [-0.25, -0.2) is 0 Å². The second kappa shape index (κ2) is 7.67. The molecule has 0 saturated heterocycles. The van der Waals surface area contributed by atoms with Crippen LogP contribution in [0.4, 0.5) is 0 Å². The van der Waals surface area contributed by atoms with Crippen LogP contribution in [-0.4, -0.2) is 43.0 Å². The van der Waals surface area contributed by atoms with E-state index in [9.17, 15) is 4.79 Å². The number of nitrogens with two attached hydrogens (primary N) is 1. The van der Waals surface area contributed by atoms with Crippen LogP contribution in [-0.2, 0) is 4.79 Å². The van der Waals surface area contributed by atoms with Crippen molar-refractivity contribution in [3.63, 3.8) is 0 Å². The summed E-state index contributed by atoms with van der Waals surface area (Å²) in [4.78, 5) is 14.0. The van der Waals surface area contributed by atoms with Crippen molar-refractivity contribution < 1.29 is 4.79 Å². The standard InChI is InChI=1S/C13H27N3O/c1-3-16(9-8-14)10-13(17)15-12-7-5-4-6-11(12)2/h11-12H,3-10,14H2,1-2H3,(H,15,17). The minimum Gasteiger partial charge on any atom is -0.352 e. The average molecular weight is 241 g/mol. The van der Waals surface area contributed by atoms with Gasteiger partial charge >= 0.3 is 0 Å². The summed E-state index contributed by atoms with van der Waals surface area (Å²) < 4.78 is 0. The largest absolute Gasteiger partial charge is 0.352 e. The third-order valence-corrected chi connectivity index (χ3v) is 3.72. The van der Waals surface area contributed by atoms with E-state index in [0.717, 1.165) is 19.5 Å². The molecule has 17 heavy (non-hydrogen) atoms. The Hall–Kier alpha value is -0.610. The summed E-state index contributed by atoms with van der Waals surface area (Å²) in [5.74, 6) is 0.774. The second-order valence-corrected chi connectivity index (χ2v) is 5.09. The van der Waals surface area contributed by atoms with E-state index in [2.05, 4.69) is 24.1 Å². The van der Waals surface area contributed by atoms with E-state index in [0.29, 0.717) is 25.0 Å². The molecule has 1 amide bonds. The normalized spacial score (nSPS) is 24.9. The van der Waals surface area contributed by atoms with E-state index in [1.54, 1.807) is 0 Å². The number of carbonyl (C=O) groups is 1. The maximum absolute atomic E-state index is 11.9. The fourth-order valence-electron chi connectivity index (χ4n) is 2.52. The predicted octanol–water partition coefficient (Wildman–Crippen LogP) is 0.962. The molecular formula is C13H27N3O. The average Bonchev–Trinajstić information content (AvgIpc) is 2.31. The zero-order valence-electron chi connectivity index (χ0n) is 11.2. The van der Waals surface area contributed by atoms with Gasteiger partial charge in [-0.2, -0.15) is 0 Å². The molecule has 3 N–H and O–H groups in total. The smallest absolute Gasteiger partial charge is 0.234 e. The summed E-state index contributed by atoms with van der Waals surface area (Å²) in [6, 6.07) is 0.382. The Bertz CT molecular complexity index is 233. The summed E-state index contributed by atoms with van der Waals surface area (Å²) in [6.07, 6.45) is 4.93. The minimum absolute atomic E-state index is 0.152. The maximum atomic E-state index is 11.9. The van der Waals surface area contributed by atoms with Crippen LogP contribution in [0.2, 0.25) is 0 Å². The fourth-order valence-corrected chi connectivity index (χ4v) is 2.52. The van der Waals surface area contributed by atoms with E-state index in [1.165, 1.54) is 19.3 Å². The molecule has 100 valence electrons. The first kappa shape index (κ1) is 14.5. The number of hydrogen-bond acceptors (Lipinski definition) is 3. The molecule has 0 aliphatic heterocycles.